The first-order valence-electron chi connectivity index (χ1n) is 5.30. The molecule has 1 aromatic rings. The molecule has 1 aliphatic heterocycles. The van der Waals surface area contributed by atoms with Crippen molar-refractivity contribution in [2.75, 3.05) is 30.0 Å². The van der Waals surface area contributed by atoms with E-state index >= 15 is 0 Å². The van der Waals surface area contributed by atoms with Crippen LogP contribution in [0.4, 0.5) is 11.6 Å². The molecule has 1 aromatic heterocycles. The summed E-state index contributed by atoms with van der Waals surface area (Å²) in [6.45, 7) is 3.63. The molecular weight excluding hydrogens is 220 g/mol. The molecule has 0 spiro atoms. The van der Waals surface area contributed by atoms with Gasteiger partial charge in [-0.25, -0.2) is 15.8 Å². The van der Waals surface area contributed by atoms with Crippen LogP contribution in [-0.2, 0) is 4.74 Å². The Morgan fingerprint density at radius 1 is 1.65 bits per heavy atom. The smallest absolute Gasteiger partial charge is 0.161 e. The number of hydrazine groups is 1. The maximum atomic E-state index is 8.86. The standard InChI is InChI=1S/C10H14N6O/c1-7-9(15-12)13-6-14-10(7)16-2-3-17-8(4-11)5-16/h6,8H,2-3,5,12H2,1H3,(H,13,14,15). The van der Waals surface area contributed by atoms with E-state index in [2.05, 4.69) is 21.5 Å². The number of hydrogen-bond acceptors (Lipinski definition) is 7. The van der Waals surface area contributed by atoms with Crippen LogP contribution in [0, 0.1) is 18.3 Å². The Morgan fingerprint density at radius 3 is 3.18 bits per heavy atom. The molecule has 90 valence electrons. The Hall–Kier alpha value is -1.91. The molecule has 0 amide bonds. The SMILES string of the molecule is Cc1c(NN)ncnc1N1CCOC(C#N)C1. The van der Waals surface area contributed by atoms with Gasteiger partial charge >= 0.3 is 0 Å². The highest BCUT2D eigenvalue weighted by molar-refractivity contribution is 5.57. The number of nitrogen functional groups attached to an aromatic ring is 1. The second kappa shape index (κ2) is 4.95. The second-order valence-corrected chi connectivity index (χ2v) is 3.75. The Morgan fingerprint density at radius 2 is 2.47 bits per heavy atom. The molecule has 3 N–H and O–H groups in total. The summed E-state index contributed by atoms with van der Waals surface area (Å²) in [5, 5.41) is 8.86. The van der Waals surface area contributed by atoms with Crippen molar-refractivity contribution in [3.8, 4) is 6.07 Å². The third-order valence-corrected chi connectivity index (χ3v) is 2.70. The Kier molecular flexibility index (Phi) is 3.37. The second-order valence-electron chi connectivity index (χ2n) is 3.75. The van der Waals surface area contributed by atoms with Gasteiger partial charge in [0.15, 0.2) is 6.10 Å². The fourth-order valence-corrected chi connectivity index (χ4v) is 1.82. The van der Waals surface area contributed by atoms with Crippen LogP contribution in [0.15, 0.2) is 6.33 Å². The first kappa shape index (κ1) is 11.6. The van der Waals surface area contributed by atoms with Gasteiger partial charge in [0.2, 0.25) is 0 Å². The number of hydrogen-bond donors (Lipinski definition) is 2. The molecule has 0 bridgehead atoms. The zero-order chi connectivity index (χ0) is 12.3. The van der Waals surface area contributed by atoms with E-state index in [1.165, 1.54) is 6.33 Å². The molecule has 0 radical (unpaired) electrons. The lowest BCUT2D eigenvalue weighted by atomic mass is 10.2. The molecule has 1 saturated heterocycles. The average molecular weight is 234 g/mol. The number of morpholine rings is 1. The van der Waals surface area contributed by atoms with Crippen molar-refractivity contribution >= 4 is 11.6 Å². The molecule has 0 aliphatic carbocycles. The third-order valence-electron chi connectivity index (χ3n) is 2.70. The van der Waals surface area contributed by atoms with Gasteiger partial charge in [-0.05, 0) is 6.92 Å². The van der Waals surface area contributed by atoms with Crippen molar-refractivity contribution in [1.82, 2.24) is 9.97 Å². The van der Waals surface area contributed by atoms with E-state index in [1.54, 1.807) is 0 Å². The number of aromatic nitrogens is 2. The molecule has 0 saturated carbocycles. The summed E-state index contributed by atoms with van der Waals surface area (Å²) in [4.78, 5) is 10.3. The average Bonchev–Trinajstić information content (AvgIpc) is 2.39. The molecule has 7 heteroatoms. The highest BCUT2D eigenvalue weighted by Gasteiger charge is 2.23. The van der Waals surface area contributed by atoms with Gasteiger partial charge in [0.25, 0.3) is 0 Å². The molecule has 1 fully saturated rings. The van der Waals surface area contributed by atoms with Crippen LogP contribution < -0.4 is 16.2 Å². The van der Waals surface area contributed by atoms with E-state index in [1.807, 2.05) is 11.8 Å². The van der Waals surface area contributed by atoms with Gasteiger partial charge in [-0.2, -0.15) is 5.26 Å². The maximum Gasteiger partial charge on any atom is 0.161 e. The first-order chi connectivity index (χ1) is 8.26. The minimum absolute atomic E-state index is 0.410. The van der Waals surface area contributed by atoms with Gasteiger partial charge in [-0.1, -0.05) is 0 Å². The van der Waals surface area contributed by atoms with Gasteiger partial charge in [-0.15, -0.1) is 0 Å². The monoisotopic (exact) mass is 234 g/mol. The number of nitrogens with two attached hydrogens (primary N) is 1. The number of anilines is 2. The maximum absolute atomic E-state index is 8.86. The molecule has 1 atom stereocenters. The van der Waals surface area contributed by atoms with E-state index in [9.17, 15) is 0 Å². The van der Waals surface area contributed by atoms with Crippen LogP contribution in [0.5, 0.6) is 0 Å². The number of ether oxygens (including phenoxy) is 1. The van der Waals surface area contributed by atoms with Crippen LogP contribution in [0.3, 0.4) is 0 Å². The molecule has 1 aliphatic rings. The molecule has 0 aromatic carbocycles. The normalized spacial score (nSPS) is 19.8. The summed E-state index contributed by atoms with van der Waals surface area (Å²) >= 11 is 0. The molecular formula is C10H14N6O. The van der Waals surface area contributed by atoms with E-state index < -0.39 is 6.10 Å². The van der Waals surface area contributed by atoms with E-state index in [4.69, 9.17) is 15.8 Å². The van der Waals surface area contributed by atoms with E-state index in [0.717, 1.165) is 11.4 Å². The number of nitrogens with one attached hydrogen (secondary N) is 1. The molecule has 17 heavy (non-hydrogen) atoms. The largest absolute Gasteiger partial charge is 0.360 e. The Labute approximate surface area is 99.2 Å². The summed E-state index contributed by atoms with van der Waals surface area (Å²) in [6.07, 6.45) is 1.04. The summed E-state index contributed by atoms with van der Waals surface area (Å²) in [6, 6.07) is 2.10. The number of rotatable bonds is 2. The van der Waals surface area contributed by atoms with Crippen LogP contribution in [0.25, 0.3) is 0 Å². The van der Waals surface area contributed by atoms with Gasteiger partial charge in [0, 0.05) is 12.1 Å². The fraction of sp³-hybridized carbons (Fsp3) is 0.500. The van der Waals surface area contributed by atoms with Crippen molar-refractivity contribution in [2.45, 2.75) is 13.0 Å². The summed E-state index contributed by atoms with van der Waals surface area (Å²) < 4.78 is 5.29. The van der Waals surface area contributed by atoms with Crippen molar-refractivity contribution in [3.63, 3.8) is 0 Å². The van der Waals surface area contributed by atoms with Gasteiger partial charge in [0.05, 0.1) is 19.2 Å². The van der Waals surface area contributed by atoms with E-state index in [0.29, 0.717) is 25.5 Å². The molecule has 1 unspecified atom stereocenters. The zero-order valence-corrected chi connectivity index (χ0v) is 9.55. The third kappa shape index (κ3) is 2.27. The fourth-order valence-electron chi connectivity index (χ4n) is 1.82. The zero-order valence-electron chi connectivity index (χ0n) is 9.55. The molecule has 2 rings (SSSR count). The minimum Gasteiger partial charge on any atom is -0.360 e. The van der Waals surface area contributed by atoms with Crippen molar-refractivity contribution in [2.24, 2.45) is 5.84 Å². The number of nitriles is 1. The Bertz CT molecular complexity index is 443. The van der Waals surface area contributed by atoms with Crippen molar-refractivity contribution in [3.05, 3.63) is 11.9 Å². The predicted molar refractivity (Wildman–Crippen MR) is 62.1 cm³/mol. The summed E-state index contributed by atoms with van der Waals surface area (Å²) in [7, 11) is 0. The highest BCUT2D eigenvalue weighted by Crippen LogP contribution is 2.23. The van der Waals surface area contributed by atoms with Gasteiger partial charge < -0.3 is 15.1 Å². The van der Waals surface area contributed by atoms with E-state index in [-0.39, 0.29) is 0 Å². The van der Waals surface area contributed by atoms with Crippen LogP contribution in [0.2, 0.25) is 0 Å². The predicted octanol–water partition coefficient (Wildman–Crippen LogP) is -0.201. The number of nitrogens with zero attached hydrogens (tertiary/aromatic N) is 4. The minimum atomic E-state index is -0.410. The lowest BCUT2D eigenvalue weighted by Crippen LogP contribution is -2.42. The van der Waals surface area contributed by atoms with Crippen molar-refractivity contribution in [1.29, 1.82) is 5.26 Å². The lowest BCUT2D eigenvalue weighted by molar-refractivity contribution is 0.0761. The lowest BCUT2D eigenvalue weighted by Gasteiger charge is -2.31. The summed E-state index contributed by atoms with van der Waals surface area (Å²) in [5.74, 6) is 6.75. The van der Waals surface area contributed by atoms with Crippen molar-refractivity contribution < 1.29 is 4.74 Å². The molecule has 7 nitrogen and oxygen atoms in total. The topological polar surface area (TPSA) is 100 Å². The summed E-state index contributed by atoms with van der Waals surface area (Å²) in [5.41, 5.74) is 3.39. The van der Waals surface area contributed by atoms with Crippen LogP contribution in [-0.4, -0.2) is 35.8 Å². The first-order valence-corrected chi connectivity index (χ1v) is 5.30. The quantitative estimate of drug-likeness (QED) is 0.539. The highest BCUT2D eigenvalue weighted by atomic mass is 16.5. The van der Waals surface area contributed by atoms with Crippen LogP contribution >= 0.6 is 0 Å². The van der Waals surface area contributed by atoms with Gasteiger partial charge in [-0.3, -0.25) is 0 Å². The Balaban J connectivity index is 2.25. The molecule has 2 heterocycles. The van der Waals surface area contributed by atoms with Crippen LogP contribution in [0.1, 0.15) is 5.56 Å². The van der Waals surface area contributed by atoms with Gasteiger partial charge in [0.1, 0.15) is 18.0 Å².